The molecule has 1 aliphatic rings. The van der Waals surface area contributed by atoms with E-state index in [0.29, 0.717) is 44.3 Å². The molecule has 1 fully saturated rings. The van der Waals surface area contributed by atoms with Crippen LogP contribution in [0.15, 0.2) is 24.3 Å². The van der Waals surface area contributed by atoms with Crippen LogP contribution in [0.25, 0.3) is 0 Å². The van der Waals surface area contributed by atoms with Crippen molar-refractivity contribution in [2.24, 2.45) is 5.41 Å². The van der Waals surface area contributed by atoms with Gasteiger partial charge in [-0.3, -0.25) is 9.59 Å². The first-order chi connectivity index (χ1) is 11.8. The second-order valence-electron chi connectivity index (χ2n) is 7.09. The molecule has 6 heteroatoms. The van der Waals surface area contributed by atoms with Crippen molar-refractivity contribution in [3.8, 4) is 11.5 Å². The molecule has 2 rings (SSSR count). The first-order valence-electron chi connectivity index (χ1n) is 8.74. The molecule has 0 radical (unpaired) electrons. The highest BCUT2D eigenvalue weighted by atomic mass is 16.5. The van der Waals surface area contributed by atoms with E-state index < -0.39 is 5.41 Å². The van der Waals surface area contributed by atoms with Crippen molar-refractivity contribution in [2.45, 2.75) is 27.7 Å². The number of hydrogen-bond acceptors (Lipinski definition) is 4. The predicted octanol–water partition coefficient (Wildman–Crippen LogP) is 2.18. The highest BCUT2D eigenvalue weighted by Gasteiger charge is 2.30. The minimum atomic E-state index is -0.391. The van der Waals surface area contributed by atoms with Gasteiger partial charge in [-0.2, -0.15) is 0 Å². The van der Waals surface area contributed by atoms with Gasteiger partial charge in [0.15, 0.2) is 18.1 Å². The van der Waals surface area contributed by atoms with E-state index in [-0.39, 0.29) is 18.4 Å². The summed E-state index contributed by atoms with van der Waals surface area (Å²) in [6.07, 6.45) is 0. The number of piperazine rings is 1. The van der Waals surface area contributed by atoms with Crippen LogP contribution in [-0.4, -0.2) is 61.0 Å². The van der Waals surface area contributed by atoms with Crippen molar-refractivity contribution in [3.63, 3.8) is 0 Å². The molecule has 1 saturated heterocycles. The average molecular weight is 348 g/mol. The molecular formula is C19H28N2O4. The lowest BCUT2D eigenvalue weighted by Gasteiger charge is -2.37. The molecule has 6 nitrogen and oxygen atoms in total. The number of ether oxygens (including phenoxy) is 2. The van der Waals surface area contributed by atoms with Crippen molar-refractivity contribution >= 4 is 11.8 Å². The standard InChI is InChI=1S/C19H28N2O4/c1-5-24-15-8-6-7-9-16(15)25-14-17(22)20-10-12-21(13-11-20)18(23)19(2,3)4/h6-9H,5,10-14H2,1-4H3. The molecule has 138 valence electrons. The highest BCUT2D eigenvalue weighted by Crippen LogP contribution is 2.26. The minimum Gasteiger partial charge on any atom is -0.490 e. The molecule has 0 aromatic heterocycles. The third-order valence-electron chi connectivity index (χ3n) is 4.06. The molecule has 0 aliphatic carbocycles. The summed E-state index contributed by atoms with van der Waals surface area (Å²) < 4.78 is 11.1. The van der Waals surface area contributed by atoms with Crippen LogP contribution in [-0.2, 0) is 9.59 Å². The zero-order chi connectivity index (χ0) is 18.4. The van der Waals surface area contributed by atoms with Gasteiger partial charge in [0.1, 0.15) is 0 Å². The molecule has 0 saturated carbocycles. The van der Waals surface area contributed by atoms with Crippen LogP contribution in [0, 0.1) is 5.41 Å². The Morgan fingerprint density at radius 1 is 0.960 bits per heavy atom. The van der Waals surface area contributed by atoms with Gasteiger partial charge in [-0.15, -0.1) is 0 Å². The maximum Gasteiger partial charge on any atom is 0.260 e. The molecule has 0 bridgehead atoms. The number of para-hydroxylation sites is 2. The number of carbonyl (C=O) groups is 2. The molecule has 0 N–H and O–H groups in total. The van der Waals surface area contributed by atoms with Gasteiger partial charge >= 0.3 is 0 Å². The van der Waals surface area contributed by atoms with Gasteiger partial charge in [-0.25, -0.2) is 0 Å². The molecule has 0 spiro atoms. The largest absolute Gasteiger partial charge is 0.490 e. The Kier molecular flexibility index (Phi) is 6.28. The second kappa shape index (κ2) is 8.23. The number of rotatable bonds is 5. The highest BCUT2D eigenvalue weighted by molar-refractivity contribution is 5.82. The number of benzene rings is 1. The molecular weight excluding hydrogens is 320 g/mol. The van der Waals surface area contributed by atoms with E-state index in [1.165, 1.54) is 0 Å². The van der Waals surface area contributed by atoms with Gasteiger partial charge in [0.25, 0.3) is 5.91 Å². The van der Waals surface area contributed by atoms with E-state index in [0.717, 1.165) is 0 Å². The van der Waals surface area contributed by atoms with Crippen molar-refractivity contribution < 1.29 is 19.1 Å². The molecule has 2 amide bonds. The normalized spacial score (nSPS) is 15.0. The maximum atomic E-state index is 12.4. The Bertz CT molecular complexity index is 602. The molecule has 1 heterocycles. The van der Waals surface area contributed by atoms with Crippen molar-refractivity contribution in [2.75, 3.05) is 39.4 Å². The molecule has 1 aliphatic heterocycles. The third-order valence-corrected chi connectivity index (χ3v) is 4.06. The van der Waals surface area contributed by atoms with E-state index in [1.807, 2.05) is 50.8 Å². The summed E-state index contributed by atoms with van der Waals surface area (Å²) >= 11 is 0. The lowest BCUT2D eigenvalue weighted by Crippen LogP contribution is -2.53. The zero-order valence-electron chi connectivity index (χ0n) is 15.6. The smallest absolute Gasteiger partial charge is 0.260 e. The third kappa shape index (κ3) is 5.11. The molecule has 0 unspecified atom stereocenters. The fraction of sp³-hybridized carbons (Fsp3) is 0.579. The molecule has 1 aromatic carbocycles. The molecule has 25 heavy (non-hydrogen) atoms. The Morgan fingerprint density at radius 2 is 1.48 bits per heavy atom. The summed E-state index contributed by atoms with van der Waals surface area (Å²) in [6, 6.07) is 7.32. The van der Waals surface area contributed by atoms with E-state index in [4.69, 9.17) is 9.47 Å². The van der Waals surface area contributed by atoms with Crippen LogP contribution >= 0.6 is 0 Å². The van der Waals surface area contributed by atoms with Gasteiger partial charge in [0.2, 0.25) is 5.91 Å². The number of nitrogens with zero attached hydrogens (tertiary/aromatic N) is 2. The van der Waals surface area contributed by atoms with Crippen molar-refractivity contribution in [3.05, 3.63) is 24.3 Å². The van der Waals surface area contributed by atoms with E-state index in [1.54, 1.807) is 11.0 Å². The van der Waals surface area contributed by atoms with Crippen LogP contribution in [0.1, 0.15) is 27.7 Å². The van der Waals surface area contributed by atoms with Gasteiger partial charge in [0, 0.05) is 31.6 Å². The van der Waals surface area contributed by atoms with Gasteiger partial charge in [-0.05, 0) is 19.1 Å². The van der Waals surface area contributed by atoms with Crippen LogP contribution < -0.4 is 9.47 Å². The summed E-state index contributed by atoms with van der Waals surface area (Å²) in [7, 11) is 0. The Morgan fingerprint density at radius 3 is 2.00 bits per heavy atom. The summed E-state index contributed by atoms with van der Waals surface area (Å²) in [5.41, 5.74) is -0.391. The second-order valence-corrected chi connectivity index (χ2v) is 7.09. The predicted molar refractivity (Wildman–Crippen MR) is 95.7 cm³/mol. The van der Waals surface area contributed by atoms with Crippen molar-refractivity contribution in [1.82, 2.24) is 9.80 Å². The summed E-state index contributed by atoms with van der Waals surface area (Å²) in [5, 5.41) is 0. The van der Waals surface area contributed by atoms with Crippen LogP contribution in [0.2, 0.25) is 0 Å². The Balaban J connectivity index is 1.84. The summed E-state index contributed by atoms with van der Waals surface area (Å²) in [6.45, 7) is 10.4. The fourth-order valence-corrected chi connectivity index (χ4v) is 2.71. The monoisotopic (exact) mass is 348 g/mol. The van der Waals surface area contributed by atoms with Gasteiger partial charge < -0.3 is 19.3 Å². The summed E-state index contributed by atoms with van der Waals surface area (Å²) in [4.78, 5) is 28.2. The van der Waals surface area contributed by atoms with Crippen LogP contribution in [0.4, 0.5) is 0 Å². The minimum absolute atomic E-state index is 0.0305. The maximum absolute atomic E-state index is 12.4. The zero-order valence-corrected chi connectivity index (χ0v) is 15.6. The Labute approximate surface area is 149 Å². The van der Waals surface area contributed by atoms with Crippen LogP contribution in [0.5, 0.6) is 11.5 Å². The molecule has 1 aromatic rings. The lowest BCUT2D eigenvalue weighted by molar-refractivity contribution is -0.145. The van der Waals surface area contributed by atoms with E-state index in [2.05, 4.69) is 0 Å². The first kappa shape index (κ1) is 19.1. The number of hydrogen-bond donors (Lipinski definition) is 0. The molecule has 0 atom stereocenters. The van der Waals surface area contributed by atoms with Crippen LogP contribution in [0.3, 0.4) is 0 Å². The quantitative estimate of drug-likeness (QED) is 0.818. The van der Waals surface area contributed by atoms with Gasteiger partial charge in [0.05, 0.1) is 6.61 Å². The summed E-state index contributed by atoms with van der Waals surface area (Å²) in [5.74, 6) is 1.26. The number of carbonyl (C=O) groups excluding carboxylic acids is 2. The first-order valence-corrected chi connectivity index (χ1v) is 8.74. The number of amides is 2. The topological polar surface area (TPSA) is 59.1 Å². The van der Waals surface area contributed by atoms with Crippen molar-refractivity contribution in [1.29, 1.82) is 0 Å². The van der Waals surface area contributed by atoms with E-state index >= 15 is 0 Å². The SMILES string of the molecule is CCOc1ccccc1OCC(=O)N1CCN(C(=O)C(C)(C)C)CC1. The fourth-order valence-electron chi connectivity index (χ4n) is 2.71. The average Bonchev–Trinajstić information content (AvgIpc) is 2.59. The van der Waals surface area contributed by atoms with E-state index in [9.17, 15) is 9.59 Å². The lowest BCUT2D eigenvalue weighted by atomic mass is 9.94. The van der Waals surface area contributed by atoms with Gasteiger partial charge in [-0.1, -0.05) is 32.9 Å². The Hall–Kier alpha value is -2.24.